The predicted octanol–water partition coefficient (Wildman–Crippen LogP) is 4.85. The summed E-state index contributed by atoms with van der Waals surface area (Å²) in [6.07, 6.45) is 6.44. The average molecular weight is 301 g/mol. The van der Waals surface area contributed by atoms with E-state index in [0.29, 0.717) is 5.75 Å². The molecule has 1 nitrogen and oxygen atoms in total. The number of alkyl halides is 1. The fourth-order valence-electron chi connectivity index (χ4n) is 2.55. The number of rotatable bonds is 4. The van der Waals surface area contributed by atoms with Gasteiger partial charge in [0.05, 0.1) is 7.11 Å². The molecule has 1 unspecified atom stereocenters. The SMILES string of the molecule is COc1ccc(C(Br)CC2CCCC2)cc1F. The van der Waals surface area contributed by atoms with Gasteiger partial charge >= 0.3 is 0 Å². The van der Waals surface area contributed by atoms with E-state index >= 15 is 0 Å². The first-order valence-electron chi connectivity index (χ1n) is 6.18. The van der Waals surface area contributed by atoms with Crippen LogP contribution in [0.2, 0.25) is 0 Å². The molecule has 94 valence electrons. The number of ether oxygens (including phenoxy) is 1. The quantitative estimate of drug-likeness (QED) is 0.722. The fraction of sp³-hybridized carbons (Fsp3) is 0.571. The van der Waals surface area contributed by atoms with Gasteiger partial charge in [-0.2, -0.15) is 0 Å². The molecule has 0 bridgehead atoms. The first-order valence-corrected chi connectivity index (χ1v) is 7.09. The number of hydrogen-bond acceptors (Lipinski definition) is 1. The smallest absolute Gasteiger partial charge is 0.165 e. The first kappa shape index (κ1) is 12.9. The molecule has 1 atom stereocenters. The van der Waals surface area contributed by atoms with Crippen molar-refractivity contribution in [3.63, 3.8) is 0 Å². The summed E-state index contributed by atoms with van der Waals surface area (Å²) in [6.45, 7) is 0. The number of hydrogen-bond donors (Lipinski definition) is 0. The zero-order chi connectivity index (χ0) is 12.3. The summed E-state index contributed by atoms with van der Waals surface area (Å²) < 4.78 is 18.5. The Hall–Kier alpha value is -0.570. The highest BCUT2D eigenvalue weighted by Crippen LogP contribution is 2.38. The Morgan fingerprint density at radius 3 is 2.71 bits per heavy atom. The highest BCUT2D eigenvalue weighted by Gasteiger charge is 2.20. The van der Waals surface area contributed by atoms with Gasteiger partial charge in [0.1, 0.15) is 0 Å². The molecule has 1 saturated carbocycles. The zero-order valence-corrected chi connectivity index (χ0v) is 11.7. The third-order valence-corrected chi connectivity index (χ3v) is 4.46. The van der Waals surface area contributed by atoms with Crippen molar-refractivity contribution in [3.05, 3.63) is 29.6 Å². The van der Waals surface area contributed by atoms with Crippen molar-refractivity contribution in [1.29, 1.82) is 0 Å². The molecule has 2 rings (SSSR count). The fourth-order valence-corrected chi connectivity index (χ4v) is 3.37. The lowest BCUT2D eigenvalue weighted by Crippen LogP contribution is -2.00. The van der Waals surface area contributed by atoms with E-state index in [-0.39, 0.29) is 10.6 Å². The molecule has 1 aromatic rings. The van der Waals surface area contributed by atoms with E-state index in [9.17, 15) is 4.39 Å². The second kappa shape index (κ2) is 5.85. The van der Waals surface area contributed by atoms with E-state index in [2.05, 4.69) is 15.9 Å². The van der Waals surface area contributed by atoms with E-state index in [0.717, 1.165) is 17.9 Å². The Morgan fingerprint density at radius 1 is 1.41 bits per heavy atom. The maximum Gasteiger partial charge on any atom is 0.165 e. The third kappa shape index (κ3) is 3.21. The van der Waals surface area contributed by atoms with Crippen molar-refractivity contribution in [1.82, 2.24) is 0 Å². The van der Waals surface area contributed by atoms with Crippen LogP contribution in [0, 0.1) is 11.7 Å². The average Bonchev–Trinajstić information content (AvgIpc) is 2.81. The van der Waals surface area contributed by atoms with Gasteiger partial charge in [0.25, 0.3) is 0 Å². The summed E-state index contributed by atoms with van der Waals surface area (Å²) in [5, 5.41) is 0. The first-order chi connectivity index (χ1) is 8.20. The molecule has 0 amide bonds. The van der Waals surface area contributed by atoms with Gasteiger partial charge in [0.2, 0.25) is 0 Å². The lowest BCUT2D eigenvalue weighted by atomic mass is 9.98. The monoisotopic (exact) mass is 300 g/mol. The van der Waals surface area contributed by atoms with Crippen LogP contribution < -0.4 is 4.74 Å². The molecule has 1 aromatic carbocycles. The molecular formula is C14H18BrFO. The number of halogens is 2. The Bertz CT molecular complexity index is 374. The van der Waals surface area contributed by atoms with Gasteiger partial charge in [0, 0.05) is 4.83 Å². The molecule has 0 N–H and O–H groups in total. The summed E-state index contributed by atoms with van der Waals surface area (Å²) in [4.78, 5) is 0.256. The molecule has 0 aromatic heterocycles. The van der Waals surface area contributed by atoms with Crippen LogP contribution in [-0.4, -0.2) is 7.11 Å². The summed E-state index contributed by atoms with van der Waals surface area (Å²) in [5.74, 6) is 0.833. The standard InChI is InChI=1S/C14H18BrFO/c1-17-14-7-6-11(9-13(14)16)12(15)8-10-4-2-3-5-10/h6-7,9-10,12H,2-5,8H2,1H3. The van der Waals surface area contributed by atoms with E-state index in [1.807, 2.05) is 6.07 Å². The molecule has 17 heavy (non-hydrogen) atoms. The van der Waals surface area contributed by atoms with Crippen LogP contribution in [0.4, 0.5) is 4.39 Å². The Morgan fingerprint density at radius 2 is 2.12 bits per heavy atom. The topological polar surface area (TPSA) is 9.23 Å². The molecule has 3 heteroatoms. The Kier molecular flexibility index (Phi) is 4.43. The minimum absolute atomic E-state index is 0.256. The second-order valence-electron chi connectivity index (χ2n) is 4.75. The van der Waals surface area contributed by atoms with Crippen LogP contribution in [0.5, 0.6) is 5.75 Å². The minimum Gasteiger partial charge on any atom is -0.494 e. The highest BCUT2D eigenvalue weighted by molar-refractivity contribution is 9.09. The van der Waals surface area contributed by atoms with Crippen LogP contribution in [0.1, 0.15) is 42.5 Å². The van der Waals surface area contributed by atoms with Crippen LogP contribution in [0.15, 0.2) is 18.2 Å². The van der Waals surface area contributed by atoms with Crippen molar-refractivity contribution >= 4 is 15.9 Å². The molecule has 0 spiro atoms. The molecule has 1 aliphatic carbocycles. The number of methoxy groups -OCH3 is 1. The van der Waals surface area contributed by atoms with Gasteiger partial charge in [0.15, 0.2) is 11.6 Å². The second-order valence-corrected chi connectivity index (χ2v) is 5.85. The summed E-state index contributed by atoms with van der Waals surface area (Å²) in [6, 6.07) is 5.22. The Balaban J connectivity index is 2.02. The van der Waals surface area contributed by atoms with Gasteiger partial charge in [-0.05, 0) is 30.0 Å². The molecule has 1 fully saturated rings. The summed E-state index contributed by atoms with van der Waals surface area (Å²) in [7, 11) is 1.49. The highest BCUT2D eigenvalue weighted by atomic mass is 79.9. The van der Waals surface area contributed by atoms with E-state index in [1.165, 1.54) is 32.8 Å². The lowest BCUT2D eigenvalue weighted by molar-refractivity contribution is 0.386. The van der Waals surface area contributed by atoms with Gasteiger partial charge < -0.3 is 4.74 Å². The van der Waals surface area contributed by atoms with Crippen molar-refractivity contribution < 1.29 is 9.13 Å². The molecule has 0 aliphatic heterocycles. The van der Waals surface area contributed by atoms with Gasteiger partial charge in [-0.1, -0.05) is 47.7 Å². The minimum atomic E-state index is -0.277. The van der Waals surface area contributed by atoms with Gasteiger partial charge in [-0.3, -0.25) is 0 Å². The predicted molar refractivity (Wildman–Crippen MR) is 71.2 cm³/mol. The van der Waals surface area contributed by atoms with Gasteiger partial charge in [-0.25, -0.2) is 4.39 Å². The molecule has 0 radical (unpaired) electrons. The maximum atomic E-state index is 13.6. The zero-order valence-electron chi connectivity index (χ0n) is 10.1. The Labute approximate surface area is 110 Å². The molecule has 0 saturated heterocycles. The van der Waals surface area contributed by atoms with Gasteiger partial charge in [-0.15, -0.1) is 0 Å². The largest absolute Gasteiger partial charge is 0.494 e. The third-order valence-electron chi connectivity index (χ3n) is 3.55. The van der Waals surface area contributed by atoms with Crippen molar-refractivity contribution in [2.75, 3.05) is 7.11 Å². The van der Waals surface area contributed by atoms with E-state index < -0.39 is 0 Å². The van der Waals surface area contributed by atoms with Crippen LogP contribution in [0.3, 0.4) is 0 Å². The molecular weight excluding hydrogens is 283 g/mol. The van der Waals surface area contributed by atoms with E-state index in [4.69, 9.17) is 4.74 Å². The van der Waals surface area contributed by atoms with Crippen molar-refractivity contribution in [2.24, 2.45) is 5.92 Å². The lowest BCUT2D eigenvalue weighted by Gasteiger charge is -2.15. The van der Waals surface area contributed by atoms with Crippen LogP contribution in [-0.2, 0) is 0 Å². The summed E-state index contributed by atoms with van der Waals surface area (Å²) >= 11 is 3.67. The summed E-state index contributed by atoms with van der Waals surface area (Å²) in [5.41, 5.74) is 1.01. The molecule has 1 aliphatic rings. The van der Waals surface area contributed by atoms with Crippen LogP contribution in [0.25, 0.3) is 0 Å². The van der Waals surface area contributed by atoms with E-state index in [1.54, 1.807) is 12.1 Å². The maximum absolute atomic E-state index is 13.6. The van der Waals surface area contributed by atoms with Crippen molar-refractivity contribution in [2.45, 2.75) is 36.9 Å². The molecule has 0 heterocycles. The normalized spacial score (nSPS) is 18.3. The number of benzene rings is 1. The van der Waals surface area contributed by atoms with Crippen molar-refractivity contribution in [3.8, 4) is 5.75 Å². The van der Waals surface area contributed by atoms with Crippen LogP contribution >= 0.6 is 15.9 Å².